The van der Waals surface area contributed by atoms with Crippen molar-refractivity contribution in [2.75, 3.05) is 0 Å². The van der Waals surface area contributed by atoms with Crippen molar-refractivity contribution in [2.45, 2.75) is 71.3 Å². The summed E-state index contributed by atoms with van der Waals surface area (Å²) in [5.41, 5.74) is 3.23. The third kappa shape index (κ3) is 2.75. The molecule has 0 N–H and O–H groups in total. The molecule has 4 aliphatic rings. The highest BCUT2D eigenvalue weighted by Gasteiger charge is 2.54. The van der Waals surface area contributed by atoms with Crippen LogP contribution in [0.1, 0.15) is 65.2 Å². The van der Waals surface area contributed by atoms with E-state index in [2.05, 4.69) is 19.1 Å². The summed E-state index contributed by atoms with van der Waals surface area (Å²) in [5.74, 6) is 2.89. The van der Waals surface area contributed by atoms with Gasteiger partial charge in [-0.2, -0.15) is 5.26 Å². The van der Waals surface area contributed by atoms with Gasteiger partial charge in [-0.05, 0) is 74.0 Å². The molecule has 0 spiro atoms. The third-order valence-electron chi connectivity index (χ3n) is 7.82. The fourth-order valence-electron chi connectivity index (χ4n) is 6.73. The average molecular weight is 339 g/mol. The van der Waals surface area contributed by atoms with Crippen LogP contribution in [0.4, 0.5) is 0 Å². The fraction of sp³-hybridized carbons (Fsp3) is 0.727. The van der Waals surface area contributed by atoms with E-state index in [0.717, 1.165) is 37.0 Å². The summed E-state index contributed by atoms with van der Waals surface area (Å²) in [6.07, 6.45) is 13.7. The Labute approximate surface area is 151 Å². The number of carbonyl (C=O) groups is 1. The zero-order valence-electron chi connectivity index (χ0n) is 15.5. The van der Waals surface area contributed by atoms with E-state index >= 15 is 0 Å². The smallest absolute Gasteiger partial charge is 0.302 e. The fourth-order valence-corrected chi connectivity index (χ4v) is 6.73. The van der Waals surface area contributed by atoms with Gasteiger partial charge >= 0.3 is 5.97 Å². The first-order valence-electron chi connectivity index (χ1n) is 9.98. The van der Waals surface area contributed by atoms with Crippen molar-refractivity contribution < 1.29 is 9.53 Å². The molecule has 0 aromatic heterocycles. The van der Waals surface area contributed by atoms with Crippen molar-refractivity contribution in [1.82, 2.24) is 0 Å². The Morgan fingerprint density at radius 2 is 2.16 bits per heavy atom. The SMILES string of the molecule is CC(=O)O[C@H]1CC[C@H]2C(=CC[C@@H]3[C@@H]2CC[C@]2(C)C(=CC#N)CC[C@@H]32)C1. The zero-order chi connectivity index (χ0) is 17.6. The number of esters is 1. The Bertz CT molecular complexity index is 670. The van der Waals surface area contributed by atoms with E-state index < -0.39 is 0 Å². The van der Waals surface area contributed by atoms with E-state index in [1.54, 1.807) is 5.57 Å². The van der Waals surface area contributed by atoms with Crippen LogP contribution in [0.15, 0.2) is 23.3 Å². The molecule has 0 heterocycles. The first-order valence-corrected chi connectivity index (χ1v) is 9.98. The van der Waals surface area contributed by atoms with Crippen LogP contribution in [0.2, 0.25) is 0 Å². The molecule has 0 aromatic carbocycles. The van der Waals surface area contributed by atoms with Gasteiger partial charge in [-0.1, -0.05) is 24.1 Å². The first-order chi connectivity index (χ1) is 12.0. The molecule has 6 atom stereocenters. The number of nitriles is 1. The quantitative estimate of drug-likeness (QED) is 0.386. The molecule has 4 rings (SSSR count). The second-order valence-corrected chi connectivity index (χ2v) is 8.86. The van der Waals surface area contributed by atoms with Gasteiger partial charge in [0.1, 0.15) is 6.10 Å². The van der Waals surface area contributed by atoms with E-state index in [1.165, 1.54) is 44.6 Å². The predicted octanol–water partition coefficient (Wildman–Crippen LogP) is 4.94. The average Bonchev–Trinajstić information content (AvgIpc) is 2.91. The lowest BCUT2D eigenvalue weighted by molar-refractivity contribution is -0.147. The summed E-state index contributed by atoms with van der Waals surface area (Å²) >= 11 is 0. The van der Waals surface area contributed by atoms with Crippen molar-refractivity contribution in [3.8, 4) is 6.07 Å². The number of hydrogen-bond donors (Lipinski definition) is 0. The molecule has 3 nitrogen and oxygen atoms in total. The summed E-state index contributed by atoms with van der Waals surface area (Å²) < 4.78 is 5.48. The van der Waals surface area contributed by atoms with E-state index in [0.29, 0.717) is 5.92 Å². The van der Waals surface area contributed by atoms with Gasteiger partial charge in [-0.25, -0.2) is 0 Å². The minimum atomic E-state index is -0.145. The Balaban J connectivity index is 1.54. The highest BCUT2D eigenvalue weighted by atomic mass is 16.5. The molecule has 3 fully saturated rings. The van der Waals surface area contributed by atoms with Crippen molar-refractivity contribution in [3.63, 3.8) is 0 Å². The highest BCUT2D eigenvalue weighted by molar-refractivity contribution is 5.66. The van der Waals surface area contributed by atoms with Crippen molar-refractivity contribution in [2.24, 2.45) is 29.1 Å². The van der Waals surface area contributed by atoms with Crippen LogP contribution in [0.5, 0.6) is 0 Å². The third-order valence-corrected chi connectivity index (χ3v) is 7.82. The Morgan fingerprint density at radius 1 is 1.32 bits per heavy atom. The van der Waals surface area contributed by atoms with Gasteiger partial charge in [0, 0.05) is 19.4 Å². The highest BCUT2D eigenvalue weighted by Crippen LogP contribution is 2.63. The van der Waals surface area contributed by atoms with Crippen LogP contribution in [-0.4, -0.2) is 12.1 Å². The summed E-state index contributed by atoms with van der Waals surface area (Å²) in [6, 6.07) is 2.29. The Morgan fingerprint density at radius 3 is 2.92 bits per heavy atom. The number of hydrogen-bond acceptors (Lipinski definition) is 3. The molecule has 3 heteroatoms. The lowest BCUT2D eigenvalue weighted by atomic mass is 9.52. The lowest BCUT2D eigenvalue weighted by Crippen LogP contribution is -2.45. The van der Waals surface area contributed by atoms with Gasteiger partial charge in [-0.15, -0.1) is 0 Å². The molecule has 0 radical (unpaired) electrons. The van der Waals surface area contributed by atoms with Crippen LogP contribution >= 0.6 is 0 Å². The lowest BCUT2D eigenvalue weighted by Gasteiger charge is -2.52. The van der Waals surface area contributed by atoms with Crippen LogP contribution in [-0.2, 0) is 9.53 Å². The summed E-state index contributed by atoms with van der Waals surface area (Å²) in [4.78, 5) is 11.3. The van der Waals surface area contributed by atoms with E-state index in [1.807, 2.05) is 6.08 Å². The number of fused-ring (bicyclic) bond motifs is 5. The molecular weight excluding hydrogens is 310 g/mol. The zero-order valence-corrected chi connectivity index (χ0v) is 15.5. The van der Waals surface area contributed by atoms with Gasteiger partial charge in [0.05, 0.1) is 6.07 Å². The van der Waals surface area contributed by atoms with Crippen molar-refractivity contribution >= 4 is 5.97 Å². The molecule has 25 heavy (non-hydrogen) atoms. The monoisotopic (exact) mass is 339 g/mol. The van der Waals surface area contributed by atoms with Gasteiger partial charge in [0.2, 0.25) is 0 Å². The second-order valence-electron chi connectivity index (χ2n) is 8.86. The Kier molecular flexibility index (Phi) is 4.26. The second kappa shape index (κ2) is 6.31. The topological polar surface area (TPSA) is 50.1 Å². The van der Waals surface area contributed by atoms with Crippen LogP contribution in [0.3, 0.4) is 0 Å². The van der Waals surface area contributed by atoms with Crippen molar-refractivity contribution in [3.05, 3.63) is 23.3 Å². The summed E-state index contributed by atoms with van der Waals surface area (Å²) in [7, 11) is 0. The molecule has 0 bridgehead atoms. The number of carbonyl (C=O) groups excluding carboxylic acids is 1. The van der Waals surface area contributed by atoms with Gasteiger partial charge in [0.15, 0.2) is 0 Å². The Hall–Kier alpha value is -1.56. The van der Waals surface area contributed by atoms with Gasteiger partial charge in [-0.3, -0.25) is 4.79 Å². The minimum absolute atomic E-state index is 0.0991. The molecule has 0 saturated heterocycles. The van der Waals surface area contributed by atoms with Crippen LogP contribution in [0, 0.1) is 40.4 Å². The van der Waals surface area contributed by atoms with E-state index in [-0.39, 0.29) is 17.5 Å². The summed E-state index contributed by atoms with van der Waals surface area (Å²) in [5, 5.41) is 9.13. The van der Waals surface area contributed by atoms with Gasteiger partial charge < -0.3 is 4.74 Å². The standard InChI is InChI=1S/C22H29NO2/c1-14(24)25-17-5-7-18-15(13-17)3-6-20-19(18)9-11-22(2)16(10-12-23)4-8-21(20)22/h3,10,17-21H,4-9,11,13H2,1-2H3/t17-,18-,19+,20+,21-,22+/m0/s1. The first kappa shape index (κ1) is 16.9. The van der Waals surface area contributed by atoms with Gasteiger partial charge in [0.25, 0.3) is 0 Å². The largest absolute Gasteiger partial charge is 0.462 e. The molecule has 0 amide bonds. The summed E-state index contributed by atoms with van der Waals surface area (Å²) in [6.45, 7) is 3.94. The number of allylic oxidation sites excluding steroid dienone is 3. The normalized spacial score (nSPS) is 44.1. The van der Waals surface area contributed by atoms with Crippen LogP contribution < -0.4 is 0 Å². The molecule has 134 valence electrons. The number of ether oxygens (including phenoxy) is 1. The predicted molar refractivity (Wildman–Crippen MR) is 96.3 cm³/mol. The molecular formula is C22H29NO2. The molecule has 0 aliphatic heterocycles. The maximum Gasteiger partial charge on any atom is 0.302 e. The maximum atomic E-state index is 11.3. The number of rotatable bonds is 1. The molecule has 0 aromatic rings. The molecule has 3 saturated carbocycles. The number of nitrogens with zero attached hydrogens (tertiary/aromatic N) is 1. The molecule has 0 unspecified atom stereocenters. The minimum Gasteiger partial charge on any atom is -0.462 e. The molecule has 4 aliphatic carbocycles. The van der Waals surface area contributed by atoms with Crippen molar-refractivity contribution in [1.29, 1.82) is 5.26 Å². The van der Waals surface area contributed by atoms with E-state index in [9.17, 15) is 4.79 Å². The maximum absolute atomic E-state index is 11.3. The van der Waals surface area contributed by atoms with Crippen LogP contribution in [0.25, 0.3) is 0 Å². The van der Waals surface area contributed by atoms with E-state index in [4.69, 9.17) is 10.00 Å².